The second kappa shape index (κ2) is 11.0. The number of nitrogens with zero attached hydrogens (tertiary/aromatic N) is 1. The van der Waals surface area contributed by atoms with E-state index in [0.29, 0.717) is 18.0 Å². The maximum absolute atomic E-state index is 13.0. The van der Waals surface area contributed by atoms with Crippen LogP contribution >= 0.6 is 0 Å². The minimum Gasteiger partial charge on any atom is -1.00 e. The van der Waals surface area contributed by atoms with Gasteiger partial charge in [0.25, 0.3) is 0 Å². The fourth-order valence-corrected chi connectivity index (χ4v) is 3.89. The molecule has 1 atom stereocenters. The first-order valence-electron chi connectivity index (χ1n) is 10.5. The van der Waals surface area contributed by atoms with Gasteiger partial charge < -0.3 is 20.6 Å². The van der Waals surface area contributed by atoms with Gasteiger partial charge in [0.05, 0.1) is 11.7 Å². The number of aryl methyl sites for hydroxylation is 2. The van der Waals surface area contributed by atoms with E-state index in [0.717, 1.165) is 30.4 Å². The molecule has 3 aromatic rings. The number of hydrogen-bond donors (Lipinski definition) is 0. The van der Waals surface area contributed by atoms with Crippen molar-refractivity contribution in [3.63, 3.8) is 0 Å². The third-order valence-electron chi connectivity index (χ3n) is 5.54. The molecule has 4 rings (SSSR count). The molecule has 6 heteroatoms. The van der Waals surface area contributed by atoms with Crippen molar-refractivity contribution in [2.45, 2.75) is 38.8 Å². The van der Waals surface area contributed by atoms with Crippen molar-refractivity contribution in [1.29, 1.82) is 0 Å². The molecule has 32 heavy (non-hydrogen) atoms. The van der Waals surface area contributed by atoms with E-state index in [9.17, 15) is 14.7 Å². The molecule has 0 fully saturated rings. The summed E-state index contributed by atoms with van der Waals surface area (Å²) in [5.74, 6) is -0.763. The van der Waals surface area contributed by atoms with Gasteiger partial charge in [0.2, 0.25) is 5.78 Å². The Balaban J connectivity index is 0.00000193. The second-order valence-corrected chi connectivity index (χ2v) is 7.77. The van der Waals surface area contributed by atoms with E-state index in [1.54, 1.807) is 18.2 Å². The van der Waals surface area contributed by atoms with Gasteiger partial charge in [-0.15, -0.1) is 0 Å². The normalized spacial score (nSPS) is 13.4. The van der Waals surface area contributed by atoms with Gasteiger partial charge in [-0.05, 0) is 73.2 Å². The van der Waals surface area contributed by atoms with Gasteiger partial charge in [0.1, 0.15) is 11.9 Å². The molecule has 1 aromatic heterocycles. The average molecular weight is 456 g/mol. The van der Waals surface area contributed by atoms with Gasteiger partial charge in [-0.25, -0.2) is 0 Å². The standard InChI is InChI=1S/C26H25NO4.Ca.H/c1-18(26(29)30)31-23-10-2-6-19(16-23)7-4-14-27-15-5-11-24(27)25(28)22-13-12-20-8-3-9-21(20)17-22;;/h2,4-7,10-13,15-18H,3,8-9,14H2,1H3,(H,29,30);;/q;+2;-1/p-1/b7-4+;;/t18-;;/m0../s1. The van der Waals surface area contributed by atoms with Crippen molar-refractivity contribution in [2.24, 2.45) is 0 Å². The van der Waals surface area contributed by atoms with Gasteiger partial charge in [0.15, 0.2) is 0 Å². The fraction of sp³-hybridized carbons (Fsp3) is 0.231. The molecule has 1 aliphatic rings. The smallest absolute Gasteiger partial charge is 1.00 e. The van der Waals surface area contributed by atoms with Crippen LogP contribution in [-0.2, 0) is 24.2 Å². The zero-order valence-corrected chi connectivity index (χ0v) is 20.3. The van der Waals surface area contributed by atoms with E-state index in [1.165, 1.54) is 18.1 Å². The first-order valence-corrected chi connectivity index (χ1v) is 10.5. The summed E-state index contributed by atoms with van der Waals surface area (Å²) in [6.07, 6.45) is 8.06. The summed E-state index contributed by atoms with van der Waals surface area (Å²) in [6.45, 7) is 1.98. The van der Waals surface area contributed by atoms with Gasteiger partial charge in [-0.3, -0.25) is 4.79 Å². The van der Waals surface area contributed by atoms with Gasteiger partial charge in [-0.1, -0.05) is 36.4 Å². The summed E-state index contributed by atoms with van der Waals surface area (Å²) >= 11 is 0. The topological polar surface area (TPSA) is 71.4 Å². The average Bonchev–Trinajstić information content (AvgIpc) is 3.42. The summed E-state index contributed by atoms with van der Waals surface area (Å²) in [7, 11) is 0. The molecule has 5 nitrogen and oxygen atoms in total. The Labute approximate surface area is 219 Å². The Morgan fingerprint density at radius 3 is 2.75 bits per heavy atom. The Morgan fingerprint density at radius 1 is 1.12 bits per heavy atom. The maximum atomic E-state index is 13.0. The van der Waals surface area contributed by atoms with Crippen LogP contribution in [0, 0.1) is 0 Å². The number of carboxylic acid groups (broad SMARTS) is 1. The van der Waals surface area contributed by atoms with E-state index in [1.807, 2.05) is 53.2 Å². The van der Waals surface area contributed by atoms with E-state index >= 15 is 0 Å². The molecule has 0 spiro atoms. The predicted octanol–water partition coefficient (Wildman–Crippen LogP) is 3.17. The first-order chi connectivity index (χ1) is 15.0. The molecule has 0 radical (unpaired) electrons. The zero-order valence-electron chi connectivity index (χ0n) is 19.1. The summed E-state index contributed by atoms with van der Waals surface area (Å²) < 4.78 is 7.28. The van der Waals surface area contributed by atoms with Crippen LogP contribution < -0.4 is 9.84 Å². The summed E-state index contributed by atoms with van der Waals surface area (Å²) in [5.41, 5.74) is 4.91. The monoisotopic (exact) mass is 455 g/mol. The summed E-state index contributed by atoms with van der Waals surface area (Å²) in [4.78, 5) is 23.9. The Morgan fingerprint density at radius 2 is 1.94 bits per heavy atom. The van der Waals surface area contributed by atoms with Crippen molar-refractivity contribution in [3.8, 4) is 5.75 Å². The third kappa shape index (κ3) is 5.71. The molecule has 0 unspecified atom stereocenters. The number of fused-ring (bicyclic) bond motifs is 1. The number of rotatable bonds is 8. The number of carbonyl (C=O) groups is 2. The van der Waals surface area contributed by atoms with Crippen molar-refractivity contribution in [1.82, 2.24) is 4.57 Å². The fourth-order valence-electron chi connectivity index (χ4n) is 3.89. The maximum Gasteiger partial charge on any atom is 2.00 e. The van der Waals surface area contributed by atoms with Crippen LogP contribution in [-0.4, -0.2) is 60.2 Å². The van der Waals surface area contributed by atoms with Crippen molar-refractivity contribution in [3.05, 3.63) is 94.8 Å². The molecule has 160 valence electrons. The predicted molar refractivity (Wildman–Crippen MR) is 124 cm³/mol. The van der Waals surface area contributed by atoms with Crippen LogP contribution in [0.5, 0.6) is 5.75 Å². The quantitative estimate of drug-likeness (QED) is 0.386. The van der Waals surface area contributed by atoms with Crippen LogP contribution in [0.4, 0.5) is 0 Å². The summed E-state index contributed by atoms with van der Waals surface area (Å²) in [5, 5.41) is 10.9. The van der Waals surface area contributed by atoms with E-state index < -0.39 is 12.1 Å². The minimum atomic E-state index is -1.26. The van der Waals surface area contributed by atoms with E-state index in [4.69, 9.17) is 4.74 Å². The van der Waals surface area contributed by atoms with Crippen LogP contribution in [0.1, 0.15) is 47.5 Å². The number of hydrogen-bond acceptors (Lipinski definition) is 4. The number of carbonyl (C=O) groups excluding carboxylic acids is 2. The molecule has 0 aliphatic heterocycles. The Kier molecular flexibility index (Phi) is 8.35. The van der Waals surface area contributed by atoms with Crippen molar-refractivity contribution < 1.29 is 20.9 Å². The molecular formula is C26H25CaNO4. The molecule has 2 aromatic carbocycles. The van der Waals surface area contributed by atoms with Gasteiger partial charge in [0, 0.05) is 18.3 Å². The minimum absolute atomic E-state index is 0. The Bertz CT molecular complexity index is 1150. The zero-order chi connectivity index (χ0) is 21.8. The number of ether oxygens (including phenoxy) is 1. The SMILES string of the molecule is C[C@H](Oc1cccc(/C=C/Cn2cccc2C(=O)c2ccc3c(c2)CCC3)c1)C(=O)[O-].[Ca+2].[H-]. The molecule has 0 saturated heterocycles. The van der Waals surface area contributed by atoms with Crippen LogP contribution in [0.15, 0.2) is 66.9 Å². The molecule has 0 N–H and O–H groups in total. The van der Waals surface area contributed by atoms with E-state index in [-0.39, 0.29) is 44.9 Å². The number of carboxylic acids is 1. The molecule has 0 amide bonds. The number of ketones is 1. The van der Waals surface area contributed by atoms with Crippen LogP contribution in [0.2, 0.25) is 0 Å². The molecule has 0 saturated carbocycles. The van der Waals surface area contributed by atoms with Crippen molar-refractivity contribution in [2.75, 3.05) is 0 Å². The van der Waals surface area contributed by atoms with Crippen LogP contribution in [0.3, 0.4) is 0 Å². The van der Waals surface area contributed by atoms with Gasteiger partial charge in [-0.2, -0.15) is 0 Å². The summed E-state index contributed by atoms with van der Waals surface area (Å²) in [6, 6.07) is 16.9. The van der Waals surface area contributed by atoms with Gasteiger partial charge >= 0.3 is 37.7 Å². The molecule has 0 bridgehead atoms. The van der Waals surface area contributed by atoms with Crippen molar-refractivity contribution >= 4 is 55.6 Å². The number of benzene rings is 2. The molecular weight excluding hydrogens is 430 g/mol. The molecule has 1 heterocycles. The number of allylic oxidation sites excluding steroid dienone is 1. The number of aliphatic carboxylic acids is 1. The largest absolute Gasteiger partial charge is 2.00 e. The second-order valence-electron chi connectivity index (χ2n) is 7.77. The number of aromatic nitrogens is 1. The third-order valence-corrected chi connectivity index (χ3v) is 5.54. The Hall–Kier alpha value is -2.34. The molecule has 1 aliphatic carbocycles. The van der Waals surface area contributed by atoms with Crippen LogP contribution in [0.25, 0.3) is 6.08 Å². The van der Waals surface area contributed by atoms with E-state index in [2.05, 4.69) is 6.07 Å². The first kappa shape index (κ1) is 24.3.